The van der Waals surface area contributed by atoms with E-state index < -0.39 is 0 Å². The Bertz CT molecular complexity index is 309. The third-order valence-electron chi connectivity index (χ3n) is 2.91. The fraction of sp³-hybridized carbons (Fsp3) is 0.571. The van der Waals surface area contributed by atoms with E-state index in [1.54, 1.807) is 0 Å². The van der Waals surface area contributed by atoms with Crippen LogP contribution in [-0.4, -0.2) is 24.0 Å². The van der Waals surface area contributed by atoms with Gasteiger partial charge in [-0.15, -0.1) is 11.8 Å². The van der Waals surface area contributed by atoms with Gasteiger partial charge in [-0.05, 0) is 37.6 Å². The van der Waals surface area contributed by atoms with Gasteiger partial charge in [0.1, 0.15) is 0 Å². The number of hydrogen-bond acceptors (Lipinski definition) is 3. The van der Waals surface area contributed by atoms with E-state index in [9.17, 15) is 0 Å². The highest BCUT2D eigenvalue weighted by Crippen LogP contribution is 2.26. The van der Waals surface area contributed by atoms with E-state index in [2.05, 4.69) is 43.4 Å². The molecule has 0 spiro atoms. The molecule has 0 amide bonds. The summed E-state index contributed by atoms with van der Waals surface area (Å²) >= 11 is 1.82. The minimum atomic E-state index is 0.268. The van der Waals surface area contributed by atoms with Crippen LogP contribution in [0.5, 0.6) is 0 Å². The maximum Gasteiger partial charge on any atom is 0.0441 e. The number of nitrogens with one attached hydrogen (secondary N) is 1. The minimum absolute atomic E-state index is 0.268. The minimum Gasteiger partial charge on any atom is -0.396 e. The molecule has 0 fully saturated rings. The van der Waals surface area contributed by atoms with Gasteiger partial charge in [0.2, 0.25) is 0 Å². The second-order valence-corrected chi connectivity index (χ2v) is 5.77. The lowest BCUT2D eigenvalue weighted by molar-refractivity contribution is 0.289. The monoisotopic (exact) mass is 253 g/mol. The summed E-state index contributed by atoms with van der Waals surface area (Å²) in [7, 11) is 2.00. The van der Waals surface area contributed by atoms with E-state index in [0.29, 0.717) is 11.3 Å². The topological polar surface area (TPSA) is 32.3 Å². The molecule has 0 radical (unpaired) electrons. The standard InChI is InChI=1S/C14H23NOS/c1-4-14(15-3)12-5-7-13(8-6-12)17-11(2)9-10-16/h5-8,11,14-16H,4,9-10H2,1-3H3. The van der Waals surface area contributed by atoms with Gasteiger partial charge in [0.05, 0.1) is 0 Å². The molecule has 1 aromatic carbocycles. The van der Waals surface area contributed by atoms with Crippen molar-refractivity contribution in [3.63, 3.8) is 0 Å². The van der Waals surface area contributed by atoms with Gasteiger partial charge in [-0.1, -0.05) is 26.0 Å². The van der Waals surface area contributed by atoms with Crippen LogP contribution in [0.15, 0.2) is 29.2 Å². The van der Waals surface area contributed by atoms with Crippen molar-refractivity contribution in [3.8, 4) is 0 Å². The predicted octanol–water partition coefficient (Wildman–Crippen LogP) is 3.22. The molecule has 2 unspecified atom stereocenters. The maximum absolute atomic E-state index is 8.87. The van der Waals surface area contributed by atoms with Crippen LogP contribution in [0, 0.1) is 0 Å². The Morgan fingerprint density at radius 3 is 2.41 bits per heavy atom. The molecular weight excluding hydrogens is 230 g/mol. The molecule has 0 heterocycles. The molecule has 96 valence electrons. The van der Waals surface area contributed by atoms with E-state index >= 15 is 0 Å². The fourth-order valence-electron chi connectivity index (χ4n) is 1.86. The fourth-order valence-corrected chi connectivity index (χ4v) is 2.84. The Kier molecular flexibility index (Phi) is 6.63. The smallest absolute Gasteiger partial charge is 0.0441 e. The SMILES string of the molecule is CCC(NC)c1ccc(SC(C)CCO)cc1. The Labute approximate surface area is 109 Å². The van der Waals surface area contributed by atoms with Crippen molar-refractivity contribution < 1.29 is 5.11 Å². The molecule has 0 aliphatic heterocycles. The number of rotatable bonds is 7. The van der Waals surface area contributed by atoms with Gasteiger partial charge < -0.3 is 10.4 Å². The molecular formula is C14H23NOS. The summed E-state index contributed by atoms with van der Waals surface area (Å²) in [4.78, 5) is 1.28. The summed E-state index contributed by atoms with van der Waals surface area (Å²) in [6.45, 7) is 4.61. The quantitative estimate of drug-likeness (QED) is 0.732. The van der Waals surface area contributed by atoms with Crippen molar-refractivity contribution in [3.05, 3.63) is 29.8 Å². The molecule has 0 saturated heterocycles. The first kappa shape index (κ1) is 14.6. The average Bonchev–Trinajstić information content (AvgIpc) is 2.33. The summed E-state index contributed by atoms with van der Waals surface area (Å²) in [5.41, 5.74) is 1.34. The zero-order valence-electron chi connectivity index (χ0n) is 10.9. The molecule has 1 rings (SSSR count). The van der Waals surface area contributed by atoms with E-state index in [4.69, 9.17) is 5.11 Å². The first-order valence-corrected chi connectivity index (χ1v) is 7.14. The molecule has 0 aromatic heterocycles. The highest BCUT2D eigenvalue weighted by Gasteiger charge is 2.07. The first-order valence-electron chi connectivity index (χ1n) is 6.26. The summed E-state index contributed by atoms with van der Waals surface area (Å²) in [6, 6.07) is 9.18. The third kappa shape index (κ3) is 4.70. The van der Waals surface area contributed by atoms with Crippen molar-refractivity contribution in [2.75, 3.05) is 13.7 Å². The van der Waals surface area contributed by atoms with Crippen molar-refractivity contribution >= 4 is 11.8 Å². The number of aliphatic hydroxyl groups excluding tert-OH is 1. The third-order valence-corrected chi connectivity index (χ3v) is 4.09. The van der Waals surface area contributed by atoms with Crippen LogP contribution in [0.2, 0.25) is 0 Å². The van der Waals surface area contributed by atoms with E-state index in [0.717, 1.165) is 12.8 Å². The van der Waals surface area contributed by atoms with Crippen LogP contribution >= 0.6 is 11.8 Å². The number of aliphatic hydroxyl groups is 1. The van der Waals surface area contributed by atoms with Gasteiger partial charge >= 0.3 is 0 Å². The van der Waals surface area contributed by atoms with Gasteiger partial charge in [-0.2, -0.15) is 0 Å². The van der Waals surface area contributed by atoms with Crippen LogP contribution in [0.4, 0.5) is 0 Å². The van der Waals surface area contributed by atoms with Gasteiger partial charge in [0.25, 0.3) is 0 Å². The molecule has 1 aromatic rings. The van der Waals surface area contributed by atoms with Crippen molar-refractivity contribution in [2.24, 2.45) is 0 Å². The zero-order valence-corrected chi connectivity index (χ0v) is 11.8. The molecule has 0 aliphatic carbocycles. The van der Waals surface area contributed by atoms with Crippen LogP contribution in [0.3, 0.4) is 0 Å². The molecule has 2 nitrogen and oxygen atoms in total. The second-order valence-electron chi connectivity index (χ2n) is 4.26. The summed E-state index contributed by atoms with van der Waals surface area (Å²) < 4.78 is 0. The normalized spacial score (nSPS) is 14.6. The highest BCUT2D eigenvalue weighted by molar-refractivity contribution is 7.99. The molecule has 2 N–H and O–H groups in total. The Morgan fingerprint density at radius 1 is 1.29 bits per heavy atom. The summed E-state index contributed by atoms with van der Waals surface area (Å²) in [5.74, 6) is 0. The lowest BCUT2D eigenvalue weighted by Gasteiger charge is -2.15. The molecule has 3 heteroatoms. The second kappa shape index (κ2) is 7.75. The molecule has 0 saturated carbocycles. The van der Waals surface area contributed by atoms with E-state index in [1.807, 2.05) is 18.8 Å². The van der Waals surface area contributed by atoms with E-state index in [-0.39, 0.29) is 6.61 Å². The van der Waals surface area contributed by atoms with Gasteiger partial charge in [-0.25, -0.2) is 0 Å². The van der Waals surface area contributed by atoms with Crippen molar-refractivity contribution in [2.45, 2.75) is 42.9 Å². The number of benzene rings is 1. The van der Waals surface area contributed by atoms with Gasteiger partial charge in [0, 0.05) is 22.8 Å². The van der Waals surface area contributed by atoms with Crippen LogP contribution in [0.25, 0.3) is 0 Å². The Balaban J connectivity index is 2.61. The van der Waals surface area contributed by atoms with Gasteiger partial charge in [0.15, 0.2) is 0 Å². The predicted molar refractivity (Wildman–Crippen MR) is 75.6 cm³/mol. The number of hydrogen-bond donors (Lipinski definition) is 2. The van der Waals surface area contributed by atoms with Crippen LogP contribution in [0.1, 0.15) is 38.3 Å². The van der Waals surface area contributed by atoms with Crippen LogP contribution in [-0.2, 0) is 0 Å². The Morgan fingerprint density at radius 2 is 1.94 bits per heavy atom. The lowest BCUT2D eigenvalue weighted by Crippen LogP contribution is -2.14. The Hall–Kier alpha value is -0.510. The van der Waals surface area contributed by atoms with Crippen molar-refractivity contribution in [1.29, 1.82) is 0 Å². The van der Waals surface area contributed by atoms with Gasteiger partial charge in [-0.3, -0.25) is 0 Å². The molecule has 0 aliphatic rings. The largest absolute Gasteiger partial charge is 0.396 e. The molecule has 2 atom stereocenters. The average molecular weight is 253 g/mol. The molecule has 17 heavy (non-hydrogen) atoms. The summed E-state index contributed by atoms with van der Waals surface area (Å²) in [6.07, 6.45) is 1.95. The van der Waals surface area contributed by atoms with Crippen molar-refractivity contribution in [1.82, 2.24) is 5.32 Å². The maximum atomic E-state index is 8.87. The van der Waals surface area contributed by atoms with E-state index in [1.165, 1.54) is 10.5 Å². The molecule has 0 bridgehead atoms. The first-order chi connectivity index (χ1) is 8.21. The lowest BCUT2D eigenvalue weighted by atomic mass is 10.1. The highest BCUT2D eigenvalue weighted by atomic mass is 32.2. The van der Waals surface area contributed by atoms with Crippen LogP contribution < -0.4 is 5.32 Å². The zero-order chi connectivity index (χ0) is 12.7. The number of thioether (sulfide) groups is 1. The summed E-state index contributed by atoms with van der Waals surface area (Å²) in [5, 5.41) is 12.7.